The number of piperazine rings is 1. The molecule has 5 rings (SSSR count). The number of aliphatic hydroxyl groups excluding tert-OH is 1. The van der Waals surface area contributed by atoms with E-state index in [9.17, 15) is 9.90 Å². The fraction of sp³-hybridized carbons (Fsp3) is 0.433. The van der Waals surface area contributed by atoms with Crippen LogP contribution in [0.3, 0.4) is 0 Å². The van der Waals surface area contributed by atoms with Gasteiger partial charge in [0.2, 0.25) is 0 Å². The highest BCUT2D eigenvalue weighted by atomic mass is 16.3. The van der Waals surface area contributed by atoms with Crippen molar-refractivity contribution in [2.24, 2.45) is 0 Å². The highest BCUT2D eigenvalue weighted by Gasteiger charge is 2.32. The first kappa shape index (κ1) is 25.8. The zero-order valence-corrected chi connectivity index (χ0v) is 22.4. The number of rotatable bonds is 6. The fourth-order valence-corrected chi connectivity index (χ4v) is 5.83. The number of hydrogen-bond acceptors (Lipinski definition) is 7. The van der Waals surface area contributed by atoms with Crippen LogP contribution in [-0.2, 0) is 0 Å². The smallest absolute Gasteiger partial charge is 0.254 e. The van der Waals surface area contributed by atoms with Gasteiger partial charge in [-0.25, -0.2) is 4.98 Å². The van der Waals surface area contributed by atoms with E-state index >= 15 is 0 Å². The number of aliphatic hydroxyl groups is 1. The van der Waals surface area contributed by atoms with Gasteiger partial charge >= 0.3 is 0 Å². The number of aryl methyl sites for hydroxylation is 2. The summed E-state index contributed by atoms with van der Waals surface area (Å²) in [5.74, 6) is 1.81. The van der Waals surface area contributed by atoms with E-state index in [1.165, 1.54) is 0 Å². The molecule has 2 N–H and O–H groups in total. The molecule has 0 saturated carbocycles. The molecule has 8 heteroatoms. The summed E-state index contributed by atoms with van der Waals surface area (Å²) in [5.41, 5.74) is 4.96. The van der Waals surface area contributed by atoms with Crippen LogP contribution in [0.15, 0.2) is 42.6 Å². The lowest BCUT2D eigenvalue weighted by atomic mass is 9.94. The molecule has 8 nitrogen and oxygen atoms in total. The highest BCUT2D eigenvalue weighted by molar-refractivity contribution is 5.99. The van der Waals surface area contributed by atoms with Gasteiger partial charge in [-0.2, -0.15) is 4.98 Å². The van der Waals surface area contributed by atoms with Crippen molar-refractivity contribution in [2.75, 3.05) is 54.4 Å². The van der Waals surface area contributed by atoms with E-state index in [2.05, 4.69) is 57.3 Å². The number of amides is 1. The zero-order chi connectivity index (χ0) is 26.6. The molecule has 1 amide bonds. The summed E-state index contributed by atoms with van der Waals surface area (Å²) in [6.45, 7) is 9.66. The summed E-state index contributed by atoms with van der Waals surface area (Å²) in [7, 11) is 0. The molecule has 2 aliphatic rings. The molecular formula is C30H36N6O2. The predicted octanol–water partition coefficient (Wildman–Crippen LogP) is 3.41. The number of nitrogens with zero attached hydrogens (tertiary/aromatic N) is 5. The molecule has 3 aromatic rings. The first-order valence-electron chi connectivity index (χ1n) is 13.4. The van der Waals surface area contributed by atoms with E-state index in [4.69, 9.17) is 0 Å². The van der Waals surface area contributed by atoms with Crippen LogP contribution in [0.4, 0.5) is 17.3 Å². The molecule has 4 heterocycles. The van der Waals surface area contributed by atoms with Crippen molar-refractivity contribution in [3.05, 3.63) is 77.1 Å². The molecule has 2 fully saturated rings. The third-order valence-corrected chi connectivity index (χ3v) is 7.83. The van der Waals surface area contributed by atoms with Crippen molar-refractivity contribution in [1.82, 2.24) is 14.9 Å². The molecule has 0 aliphatic carbocycles. The van der Waals surface area contributed by atoms with Crippen LogP contribution in [-0.4, -0.2) is 77.3 Å². The molecule has 0 unspecified atom stereocenters. The lowest BCUT2D eigenvalue weighted by molar-refractivity contribution is 0.0697. The molecule has 2 aliphatic heterocycles. The molecule has 198 valence electrons. The number of pyridine rings is 1. The predicted molar refractivity (Wildman–Crippen MR) is 150 cm³/mol. The summed E-state index contributed by atoms with van der Waals surface area (Å²) in [4.78, 5) is 28.9. The number of benzene rings is 1. The minimum Gasteiger partial charge on any atom is -0.394 e. The van der Waals surface area contributed by atoms with Crippen LogP contribution in [0.1, 0.15) is 39.9 Å². The number of anilines is 3. The Bertz CT molecular complexity index is 1240. The van der Waals surface area contributed by atoms with Crippen molar-refractivity contribution in [3.63, 3.8) is 0 Å². The number of piperidine rings is 1. The summed E-state index contributed by atoms with van der Waals surface area (Å²) < 4.78 is 0. The maximum absolute atomic E-state index is 13.9. The maximum Gasteiger partial charge on any atom is 0.254 e. The Morgan fingerprint density at radius 1 is 1.08 bits per heavy atom. The van der Waals surface area contributed by atoms with E-state index in [1.54, 1.807) is 6.20 Å². The number of nitrogens with one attached hydrogen (secondary N) is 1. The van der Waals surface area contributed by atoms with Crippen molar-refractivity contribution >= 4 is 23.2 Å². The molecule has 38 heavy (non-hydrogen) atoms. The van der Waals surface area contributed by atoms with Crippen molar-refractivity contribution in [2.45, 2.75) is 45.7 Å². The first-order chi connectivity index (χ1) is 18.5. The van der Waals surface area contributed by atoms with Gasteiger partial charge in [0.05, 0.1) is 12.6 Å². The molecule has 1 atom stereocenters. The second kappa shape index (κ2) is 11.3. The van der Waals surface area contributed by atoms with Crippen LogP contribution in [0, 0.1) is 33.0 Å². The van der Waals surface area contributed by atoms with Gasteiger partial charge in [0, 0.05) is 62.4 Å². The SMILES string of the molecule is Cc1cc(C)c(C(=O)N2CCN(c3ccccn3)[C@H](CO)C2)c(C)c1NC1CCN(c2ccc#cn2)CC1. The third-order valence-electron chi connectivity index (χ3n) is 7.83. The molecule has 0 spiro atoms. The van der Waals surface area contributed by atoms with Crippen molar-refractivity contribution in [3.8, 4) is 0 Å². The monoisotopic (exact) mass is 512 g/mol. The first-order valence-corrected chi connectivity index (χ1v) is 13.4. The molecule has 0 bridgehead atoms. The average molecular weight is 513 g/mol. The minimum absolute atomic E-state index is 0.0280. The van der Waals surface area contributed by atoms with Crippen LogP contribution < -0.4 is 15.1 Å². The van der Waals surface area contributed by atoms with E-state index in [-0.39, 0.29) is 18.6 Å². The standard InChI is InChI=1S/C30H36N6O2/c1-21-18-22(2)29(33-24-10-14-34(15-11-24)26-8-4-6-12-31-26)23(3)28(21)30(38)35-16-17-36(25(19-35)20-37)27-9-5-7-13-32-27/h4-5,7-9,13,18,24-25,33,37H,10-11,14-17,19-20H2,1-3H3/t25-/m0/s1. The summed E-state index contributed by atoms with van der Waals surface area (Å²) in [6, 6.07) is 14.7. The second-order valence-corrected chi connectivity index (χ2v) is 10.3. The molecule has 2 saturated heterocycles. The Kier molecular flexibility index (Phi) is 7.66. The highest BCUT2D eigenvalue weighted by Crippen LogP contribution is 2.31. The molecule has 0 radical (unpaired) electrons. The fourth-order valence-electron chi connectivity index (χ4n) is 5.83. The van der Waals surface area contributed by atoms with Crippen LogP contribution >= 0.6 is 0 Å². The van der Waals surface area contributed by atoms with Gasteiger partial charge in [-0.1, -0.05) is 12.1 Å². The number of carbonyl (C=O) groups is 1. The molecule has 1 aromatic carbocycles. The number of aromatic nitrogens is 2. The zero-order valence-electron chi connectivity index (χ0n) is 22.4. The van der Waals surface area contributed by atoms with Gasteiger partial charge < -0.3 is 25.1 Å². The van der Waals surface area contributed by atoms with E-state index in [0.29, 0.717) is 25.7 Å². The molecular weight excluding hydrogens is 476 g/mol. The van der Waals surface area contributed by atoms with E-state index in [1.807, 2.05) is 42.2 Å². The Hall–Kier alpha value is -3.83. The Labute approximate surface area is 225 Å². The van der Waals surface area contributed by atoms with Crippen LogP contribution in [0.25, 0.3) is 0 Å². The van der Waals surface area contributed by atoms with Crippen molar-refractivity contribution < 1.29 is 9.90 Å². The average Bonchev–Trinajstić information content (AvgIpc) is 2.96. The van der Waals surface area contributed by atoms with Gasteiger partial charge in [-0.05, 0) is 80.6 Å². The van der Waals surface area contributed by atoms with E-state index in [0.717, 1.165) is 65.5 Å². The lowest BCUT2D eigenvalue weighted by Gasteiger charge is -2.41. The number of hydrogen-bond donors (Lipinski definition) is 2. The van der Waals surface area contributed by atoms with Gasteiger partial charge in [0.1, 0.15) is 11.6 Å². The van der Waals surface area contributed by atoms with Gasteiger partial charge in [0.25, 0.3) is 5.91 Å². The van der Waals surface area contributed by atoms with Gasteiger partial charge in [-0.15, -0.1) is 0 Å². The summed E-state index contributed by atoms with van der Waals surface area (Å²) >= 11 is 0. The Balaban J connectivity index is 1.30. The van der Waals surface area contributed by atoms with Gasteiger partial charge in [0.15, 0.2) is 0 Å². The van der Waals surface area contributed by atoms with Crippen molar-refractivity contribution in [1.29, 1.82) is 0 Å². The third kappa shape index (κ3) is 5.25. The second-order valence-electron chi connectivity index (χ2n) is 10.3. The van der Waals surface area contributed by atoms with Crippen LogP contribution in [0.5, 0.6) is 0 Å². The largest absolute Gasteiger partial charge is 0.394 e. The maximum atomic E-state index is 13.9. The summed E-state index contributed by atoms with van der Waals surface area (Å²) in [5, 5.41) is 13.9. The lowest BCUT2D eigenvalue weighted by Crippen LogP contribution is -2.56. The Morgan fingerprint density at radius 2 is 1.89 bits per heavy atom. The normalized spacial score (nSPS) is 18.3. The minimum atomic E-state index is -0.189. The topological polar surface area (TPSA) is 84.8 Å². The quantitative estimate of drug-likeness (QED) is 0.524. The number of carbonyl (C=O) groups excluding carboxylic acids is 1. The Morgan fingerprint density at radius 3 is 2.58 bits per heavy atom. The molecule has 2 aromatic heterocycles. The van der Waals surface area contributed by atoms with Gasteiger partial charge in [-0.3, -0.25) is 4.79 Å². The van der Waals surface area contributed by atoms with E-state index < -0.39 is 0 Å². The van der Waals surface area contributed by atoms with Crippen LogP contribution in [0.2, 0.25) is 0 Å². The summed E-state index contributed by atoms with van der Waals surface area (Å²) in [6.07, 6.45) is 6.54.